The first kappa shape index (κ1) is 14.4. The molecule has 2 nitrogen and oxygen atoms in total. The highest BCUT2D eigenvalue weighted by atomic mass is 35.5. The third kappa shape index (κ3) is 3.99. The molecule has 0 spiro atoms. The molecule has 3 heteroatoms. The van der Waals surface area contributed by atoms with Crippen LogP contribution in [0.5, 0.6) is 5.75 Å². The van der Waals surface area contributed by atoms with Crippen molar-refractivity contribution >= 4 is 11.6 Å². The summed E-state index contributed by atoms with van der Waals surface area (Å²) in [7, 11) is 0. The monoisotopic (exact) mass is 301 g/mol. The van der Waals surface area contributed by atoms with E-state index in [9.17, 15) is 5.11 Å². The molecular formula is C18H20ClNO. The molecule has 1 fully saturated rings. The second-order valence-corrected chi connectivity index (χ2v) is 6.20. The van der Waals surface area contributed by atoms with E-state index in [4.69, 9.17) is 11.6 Å². The van der Waals surface area contributed by atoms with Crippen LogP contribution in [0.1, 0.15) is 36.4 Å². The van der Waals surface area contributed by atoms with Gasteiger partial charge in [-0.15, -0.1) is 0 Å². The second kappa shape index (κ2) is 6.50. The molecule has 0 bridgehead atoms. The summed E-state index contributed by atoms with van der Waals surface area (Å²) in [5.74, 6) is 1.22. The Hall–Kier alpha value is -1.51. The largest absolute Gasteiger partial charge is 0.508 e. The Morgan fingerprint density at radius 1 is 1.00 bits per heavy atom. The number of rotatable bonds is 6. The smallest absolute Gasteiger partial charge is 0.115 e. The van der Waals surface area contributed by atoms with Crippen molar-refractivity contribution in [2.24, 2.45) is 5.92 Å². The van der Waals surface area contributed by atoms with Gasteiger partial charge in [0.15, 0.2) is 0 Å². The topological polar surface area (TPSA) is 32.3 Å². The van der Waals surface area contributed by atoms with Gasteiger partial charge in [-0.3, -0.25) is 0 Å². The summed E-state index contributed by atoms with van der Waals surface area (Å²) in [6.45, 7) is 1.01. The zero-order valence-electron chi connectivity index (χ0n) is 11.9. The minimum atomic E-state index is 0.140. The summed E-state index contributed by atoms with van der Waals surface area (Å²) >= 11 is 5.98. The van der Waals surface area contributed by atoms with Crippen molar-refractivity contribution in [3.8, 4) is 5.75 Å². The first-order valence-electron chi connectivity index (χ1n) is 7.50. The zero-order chi connectivity index (χ0) is 14.7. The molecule has 1 saturated carbocycles. The quantitative estimate of drug-likeness (QED) is 0.822. The van der Waals surface area contributed by atoms with Crippen molar-refractivity contribution in [3.63, 3.8) is 0 Å². The summed E-state index contributed by atoms with van der Waals surface area (Å²) in [5.41, 5.74) is 2.35. The van der Waals surface area contributed by atoms with Crippen LogP contribution < -0.4 is 5.32 Å². The second-order valence-electron chi connectivity index (χ2n) is 5.76. The fraction of sp³-hybridized carbons (Fsp3) is 0.333. The summed E-state index contributed by atoms with van der Waals surface area (Å²) in [6, 6.07) is 15.5. The SMILES string of the molecule is Oc1ccc(C(NCCC2CC2)c2ccc(Cl)cc2)cc1. The molecule has 3 rings (SSSR count). The molecule has 0 amide bonds. The van der Waals surface area contributed by atoms with Gasteiger partial charge >= 0.3 is 0 Å². The maximum Gasteiger partial charge on any atom is 0.115 e. The van der Waals surface area contributed by atoms with Crippen LogP contribution in [0.15, 0.2) is 48.5 Å². The van der Waals surface area contributed by atoms with Crippen LogP contribution in [-0.2, 0) is 0 Å². The highest BCUT2D eigenvalue weighted by molar-refractivity contribution is 6.30. The molecule has 2 N–H and O–H groups in total. The molecule has 1 unspecified atom stereocenters. The fourth-order valence-electron chi connectivity index (χ4n) is 2.59. The Morgan fingerprint density at radius 3 is 2.14 bits per heavy atom. The van der Waals surface area contributed by atoms with Crippen molar-refractivity contribution in [2.75, 3.05) is 6.54 Å². The maximum atomic E-state index is 9.46. The number of halogens is 1. The van der Waals surface area contributed by atoms with Gasteiger partial charge in [0.05, 0.1) is 6.04 Å². The van der Waals surface area contributed by atoms with Gasteiger partial charge in [0, 0.05) is 5.02 Å². The average Bonchev–Trinajstić information content (AvgIpc) is 3.30. The molecule has 0 heterocycles. The Labute approximate surface area is 130 Å². The highest BCUT2D eigenvalue weighted by Crippen LogP contribution is 2.32. The Bertz CT molecular complexity index is 530. The molecule has 0 aliphatic heterocycles. The lowest BCUT2D eigenvalue weighted by molar-refractivity contribution is 0.474. The van der Waals surface area contributed by atoms with Gasteiger partial charge in [-0.25, -0.2) is 0 Å². The lowest BCUT2D eigenvalue weighted by Crippen LogP contribution is -2.23. The number of hydrogen-bond donors (Lipinski definition) is 2. The van der Waals surface area contributed by atoms with Crippen molar-refractivity contribution in [1.29, 1.82) is 0 Å². The summed E-state index contributed by atoms with van der Waals surface area (Å²) in [5, 5.41) is 13.9. The van der Waals surface area contributed by atoms with E-state index in [0.29, 0.717) is 5.75 Å². The summed E-state index contributed by atoms with van der Waals surface area (Å²) < 4.78 is 0. The van der Waals surface area contributed by atoms with Gasteiger partial charge in [0.1, 0.15) is 5.75 Å². The first-order valence-corrected chi connectivity index (χ1v) is 7.88. The Morgan fingerprint density at radius 2 is 1.57 bits per heavy atom. The van der Waals surface area contributed by atoms with Crippen molar-refractivity contribution in [2.45, 2.75) is 25.3 Å². The number of phenols is 1. The fourth-order valence-corrected chi connectivity index (χ4v) is 2.71. The zero-order valence-corrected chi connectivity index (χ0v) is 12.7. The summed E-state index contributed by atoms with van der Waals surface area (Å²) in [4.78, 5) is 0. The van der Waals surface area contributed by atoms with Crippen LogP contribution in [0.3, 0.4) is 0 Å². The van der Waals surface area contributed by atoms with Gasteiger partial charge in [-0.1, -0.05) is 48.7 Å². The van der Waals surface area contributed by atoms with Gasteiger partial charge in [0.25, 0.3) is 0 Å². The minimum absolute atomic E-state index is 0.140. The Kier molecular flexibility index (Phi) is 4.47. The van der Waals surface area contributed by atoms with Crippen LogP contribution in [-0.4, -0.2) is 11.7 Å². The maximum absolute atomic E-state index is 9.46. The van der Waals surface area contributed by atoms with E-state index in [1.807, 2.05) is 24.3 Å². The molecule has 21 heavy (non-hydrogen) atoms. The molecule has 1 atom stereocenters. The average molecular weight is 302 g/mol. The predicted octanol–water partition coefficient (Wildman–Crippen LogP) is 4.52. The molecule has 110 valence electrons. The number of benzene rings is 2. The number of aromatic hydroxyl groups is 1. The number of phenolic OH excluding ortho intramolecular Hbond substituents is 1. The molecule has 1 aliphatic rings. The van der Waals surface area contributed by atoms with E-state index < -0.39 is 0 Å². The van der Waals surface area contributed by atoms with Crippen LogP contribution in [0, 0.1) is 5.92 Å². The molecule has 0 aromatic heterocycles. The molecular weight excluding hydrogens is 282 g/mol. The number of hydrogen-bond acceptors (Lipinski definition) is 2. The van der Waals surface area contributed by atoms with E-state index in [2.05, 4.69) is 17.4 Å². The van der Waals surface area contributed by atoms with Gasteiger partial charge in [-0.05, 0) is 54.3 Å². The molecule has 2 aromatic carbocycles. The molecule has 2 aromatic rings. The molecule has 0 radical (unpaired) electrons. The van der Waals surface area contributed by atoms with E-state index in [0.717, 1.165) is 23.0 Å². The normalized spacial score (nSPS) is 15.9. The first-order chi connectivity index (χ1) is 10.2. The number of nitrogens with one attached hydrogen (secondary N) is 1. The van der Waals surface area contributed by atoms with Crippen LogP contribution >= 0.6 is 11.6 Å². The third-order valence-electron chi connectivity index (χ3n) is 4.03. The molecule has 0 saturated heterocycles. The lowest BCUT2D eigenvalue weighted by Gasteiger charge is -2.20. The predicted molar refractivity (Wildman–Crippen MR) is 86.7 cm³/mol. The molecule has 1 aliphatic carbocycles. The van der Waals surface area contributed by atoms with Crippen LogP contribution in [0.4, 0.5) is 0 Å². The summed E-state index contributed by atoms with van der Waals surface area (Å²) in [6.07, 6.45) is 4.00. The standard InChI is InChI=1S/C18H20ClNO/c19-16-7-3-14(4-8-16)18(20-12-11-13-1-2-13)15-5-9-17(21)10-6-15/h3-10,13,18,20-21H,1-2,11-12H2. The van der Waals surface area contributed by atoms with Crippen LogP contribution in [0.2, 0.25) is 5.02 Å². The van der Waals surface area contributed by atoms with Crippen molar-refractivity contribution in [1.82, 2.24) is 5.32 Å². The van der Waals surface area contributed by atoms with Gasteiger partial charge in [-0.2, -0.15) is 0 Å². The van der Waals surface area contributed by atoms with Gasteiger partial charge < -0.3 is 10.4 Å². The van der Waals surface area contributed by atoms with Crippen LogP contribution in [0.25, 0.3) is 0 Å². The van der Waals surface area contributed by atoms with Gasteiger partial charge in [0.2, 0.25) is 0 Å². The third-order valence-corrected chi connectivity index (χ3v) is 4.28. The minimum Gasteiger partial charge on any atom is -0.508 e. The van der Waals surface area contributed by atoms with E-state index >= 15 is 0 Å². The van der Waals surface area contributed by atoms with Crippen molar-refractivity contribution in [3.05, 3.63) is 64.7 Å². The van der Waals surface area contributed by atoms with Crippen molar-refractivity contribution < 1.29 is 5.11 Å². The van der Waals surface area contributed by atoms with E-state index in [-0.39, 0.29) is 6.04 Å². The highest BCUT2D eigenvalue weighted by Gasteiger charge is 2.21. The van der Waals surface area contributed by atoms with E-state index in [1.54, 1.807) is 12.1 Å². The van der Waals surface area contributed by atoms with E-state index in [1.165, 1.54) is 24.8 Å². The lowest BCUT2D eigenvalue weighted by atomic mass is 9.98. The Balaban J connectivity index is 1.78.